The molecule has 0 saturated heterocycles. The molecule has 0 radical (unpaired) electrons. The van der Waals surface area contributed by atoms with Crippen LogP contribution in [0.5, 0.6) is 0 Å². The van der Waals surface area contributed by atoms with Gasteiger partial charge in [0, 0.05) is 23.2 Å². The van der Waals surface area contributed by atoms with E-state index in [0.717, 1.165) is 23.5 Å². The van der Waals surface area contributed by atoms with Crippen molar-refractivity contribution in [3.05, 3.63) is 23.8 Å². The van der Waals surface area contributed by atoms with Crippen LogP contribution in [0, 0.1) is 6.92 Å². The van der Waals surface area contributed by atoms with E-state index in [2.05, 4.69) is 24.6 Å². The molecule has 0 spiro atoms. The smallest absolute Gasteiger partial charge is 0.0345 e. The lowest BCUT2D eigenvalue weighted by molar-refractivity contribution is 0.854. The molecule has 0 aromatic heterocycles. The summed E-state index contributed by atoms with van der Waals surface area (Å²) in [5.41, 5.74) is 8.91. The Morgan fingerprint density at radius 3 is 2.80 bits per heavy atom. The van der Waals surface area contributed by atoms with Gasteiger partial charge in [0.15, 0.2) is 0 Å². The topological polar surface area (TPSA) is 38.0 Å². The molecule has 15 heavy (non-hydrogen) atoms. The largest absolute Gasteiger partial charge is 0.399 e. The van der Waals surface area contributed by atoms with Crippen molar-refractivity contribution >= 4 is 23.1 Å². The van der Waals surface area contributed by atoms with Crippen molar-refractivity contribution in [3.8, 4) is 0 Å². The molecule has 3 N–H and O–H groups in total. The van der Waals surface area contributed by atoms with E-state index in [1.807, 2.05) is 30.8 Å². The van der Waals surface area contributed by atoms with E-state index in [0.29, 0.717) is 5.25 Å². The summed E-state index contributed by atoms with van der Waals surface area (Å²) in [6.45, 7) is 5.30. The first-order valence-electron chi connectivity index (χ1n) is 5.26. The SMILES string of the molecule is CSC(C)CCNc1ccc(N)c(C)c1. The normalized spacial score (nSPS) is 12.5. The zero-order valence-corrected chi connectivity index (χ0v) is 10.5. The monoisotopic (exact) mass is 224 g/mol. The molecule has 84 valence electrons. The molecule has 3 heteroatoms. The number of benzene rings is 1. The third kappa shape index (κ3) is 4.04. The Morgan fingerprint density at radius 1 is 1.47 bits per heavy atom. The molecule has 1 unspecified atom stereocenters. The van der Waals surface area contributed by atoms with Crippen molar-refractivity contribution in [2.45, 2.75) is 25.5 Å². The Hall–Kier alpha value is -0.830. The minimum absolute atomic E-state index is 0.715. The summed E-state index contributed by atoms with van der Waals surface area (Å²) in [6.07, 6.45) is 3.34. The molecule has 0 heterocycles. The minimum atomic E-state index is 0.715. The predicted molar refractivity (Wildman–Crippen MR) is 71.7 cm³/mol. The van der Waals surface area contributed by atoms with Crippen molar-refractivity contribution in [3.63, 3.8) is 0 Å². The van der Waals surface area contributed by atoms with Crippen molar-refractivity contribution < 1.29 is 0 Å². The summed E-state index contributed by atoms with van der Waals surface area (Å²) in [5.74, 6) is 0. The molecule has 0 aliphatic heterocycles. The second kappa shape index (κ2) is 5.91. The van der Waals surface area contributed by atoms with Gasteiger partial charge in [-0.05, 0) is 43.4 Å². The van der Waals surface area contributed by atoms with Gasteiger partial charge in [0.25, 0.3) is 0 Å². The number of nitrogen functional groups attached to an aromatic ring is 1. The fourth-order valence-corrected chi connectivity index (χ4v) is 1.68. The molecule has 0 amide bonds. The molecule has 0 bridgehead atoms. The van der Waals surface area contributed by atoms with Gasteiger partial charge in [-0.3, -0.25) is 0 Å². The van der Waals surface area contributed by atoms with E-state index < -0.39 is 0 Å². The number of hydrogen-bond acceptors (Lipinski definition) is 3. The average Bonchev–Trinajstić information content (AvgIpc) is 2.23. The maximum absolute atomic E-state index is 5.76. The lowest BCUT2D eigenvalue weighted by atomic mass is 10.2. The van der Waals surface area contributed by atoms with Crippen LogP contribution >= 0.6 is 11.8 Å². The highest BCUT2D eigenvalue weighted by Gasteiger charge is 1.99. The molecule has 0 saturated carbocycles. The molecule has 1 aromatic rings. The summed E-state index contributed by atoms with van der Waals surface area (Å²) in [4.78, 5) is 0. The molecule has 1 aromatic carbocycles. The highest BCUT2D eigenvalue weighted by atomic mass is 32.2. The first-order chi connectivity index (χ1) is 7.13. The summed E-state index contributed by atoms with van der Waals surface area (Å²) >= 11 is 1.91. The molecule has 0 aliphatic rings. The fraction of sp³-hybridized carbons (Fsp3) is 0.500. The van der Waals surface area contributed by atoms with Gasteiger partial charge in [-0.1, -0.05) is 6.92 Å². The van der Waals surface area contributed by atoms with Crippen LogP contribution < -0.4 is 11.1 Å². The predicted octanol–water partition coefficient (Wildman–Crippen LogP) is 3.13. The van der Waals surface area contributed by atoms with Gasteiger partial charge in [0.2, 0.25) is 0 Å². The number of aryl methyl sites for hydroxylation is 1. The van der Waals surface area contributed by atoms with E-state index in [1.54, 1.807) is 0 Å². The van der Waals surface area contributed by atoms with E-state index in [1.165, 1.54) is 6.42 Å². The minimum Gasteiger partial charge on any atom is -0.399 e. The van der Waals surface area contributed by atoms with E-state index in [4.69, 9.17) is 5.73 Å². The molecular weight excluding hydrogens is 204 g/mol. The van der Waals surface area contributed by atoms with E-state index in [9.17, 15) is 0 Å². The number of nitrogens with two attached hydrogens (primary N) is 1. The third-order valence-corrected chi connectivity index (χ3v) is 3.59. The molecule has 2 nitrogen and oxygen atoms in total. The third-order valence-electron chi connectivity index (χ3n) is 2.55. The summed E-state index contributed by atoms with van der Waals surface area (Å²) in [5, 5.41) is 4.12. The number of anilines is 2. The van der Waals surface area contributed by atoms with Crippen molar-refractivity contribution in [2.75, 3.05) is 23.9 Å². The first kappa shape index (κ1) is 12.2. The van der Waals surface area contributed by atoms with Crippen LogP contribution in [0.3, 0.4) is 0 Å². The van der Waals surface area contributed by atoms with Crippen LogP contribution in [0.4, 0.5) is 11.4 Å². The van der Waals surface area contributed by atoms with E-state index in [-0.39, 0.29) is 0 Å². The Labute approximate surface area is 96.6 Å². The zero-order chi connectivity index (χ0) is 11.3. The summed E-state index contributed by atoms with van der Waals surface area (Å²) in [6, 6.07) is 6.08. The van der Waals surface area contributed by atoms with Crippen LogP contribution in [0.1, 0.15) is 18.9 Å². The molecule has 0 fully saturated rings. The second-order valence-corrected chi connectivity index (χ2v) is 5.11. The molecule has 1 atom stereocenters. The Balaban J connectivity index is 2.41. The van der Waals surface area contributed by atoms with Crippen LogP contribution in [-0.4, -0.2) is 18.1 Å². The fourth-order valence-electron chi connectivity index (χ4n) is 1.32. The number of rotatable bonds is 5. The van der Waals surface area contributed by atoms with Gasteiger partial charge in [0.05, 0.1) is 0 Å². The zero-order valence-electron chi connectivity index (χ0n) is 9.71. The van der Waals surface area contributed by atoms with Gasteiger partial charge in [-0.25, -0.2) is 0 Å². The van der Waals surface area contributed by atoms with Crippen LogP contribution in [0.25, 0.3) is 0 Å². The van der Waals surface area contributed by atoms with Gasteiger partial charge in [-0.15, -0.1) is 0 Å². The maximum Gasteiger partial charge on any atom is 0.0345 e. The molecular formula is C12H20N2S. The number of thioether (sulfide) groups is 1. The van der Waals surface area contributed by atoms with Crippen molar-refractivity contribution in [2.24, 2.45) is 0 Å². The van der Waals surface area contributed by atoms with Gasteiger partial charge >= 0.3 is 0 Å². The number of hydrogen-bond donors (Lipinski definition) is 2. The van der Waals surface area contributed by atoms with Crippen LogP contribution in [-0.2, 0) is 0 Å². The first-order valence-corrected chi connectivity index (χ1v) is 6.55. The highest BCUT2D eigenvalue weighted by molar-refractivity contribution is 7.99. The van der Waals surface area contributed by atoms with Gasteiger partial charge < -0.3 is 11.1 Å². The Bertz CT molecular complexity index is 312. The average molecular weight is 224 g/mol. The van der Waals surface area contributed by atoms with E-state index >= 15 is 0 Å². The molecule has 1 rings (SSSR count). The quantitative estimate of drug-likeness (QED) is 0.755. The molecule has 0 aliphatic carbocycles. The van der Waals surface area contributed by atoms with Crippen LogP contribution in [0.15, 0.2) is 18.2 Å². The van der Waals surface area contributed by atoms with Crippen molar-refractivity contribution in [1.29, 1.82) is 0 Å². The Morgan fingerprint density at radius 2 is 2.20 bits per heavy atom. The summed E-state index contributed by atoms with van der Waals surface area (Å²) < 4.78 is 0. The Kier molecular flexibility index (Phi) is 4.82. The highest BCUT2D eigenvalue weighted by Crippen LogP contribution is 2.17. The number of nitrogens with one attached hydrogen (secondary N) is 1. The van der Waals surface area contributed by atoms with Crippen molar-refractivity contribution in [1.82, 2.24) is 0 Å². The second-order valence-electron chi connectivity index (χ2n) is 3.83. The standard InChI is InChI=1S/C12H20N2S/c1-9-8-11(4-5-12(9)13)14-7-6-10(2)15-3/h4-5,8,10,14H,6-7,13H2,1-3H3. The summed E-state index contributed by atoms with van der Waals surface area (Å²) in [7, 11) is 0. The van der Waals surface area contributed by atoms with Crippen LogP contribution in [0.2, 0.25) is 0 Å². The lowest BCUT2D eigenvalue weighted by Crippen LogP contribution is -2.07. The lowest BCUT2D eigenvalue weighted by Gasteiger charge is -2.11. The van der Waals surface area contributed by atoms with Gasteiger partial charge in [0.1, 0.15) is 0 Å². The maximum atomic E-state index is 5.76. The van der Waals surface area contributed by atoms with Gasteiger partial charge in [-0.2, -0.15) is 11.8 Å².